The van der Waals surface area contributed by atoms with Crippen LogP contribution in [0.1, 0.15) is 167 Å². The molecule has 0 aromatic heterocycles. The van der Waals surface area contributed by atoms with Crippen molar-refractivity contribution >= 4 is 23.1 Å². The number of Topliss-reactive ketones (excluding diaryl/α,β-unsaturated/α-hetero) is 3. The molecule has 0 heterocycles. The molecule has 0 aliphatic heterocycles. The first-order chi connectivity index (χ1) is 22.1. The molecule has 2 aromatic carbocycles. The minimum absolute atomic E-state index is 0.0786. The first kappa shape index (κ1) is 47.0. The summed E-state index contributed by atoms with van der Waals surface area (Å²) in [6, 6.07) is 15.8. The van der Waals surface area contributed by atoms with E-state index in [2.05, 4.69) is 61.5 Å². The zero-order valence-corrected chi connectivity index (χ0v) is 33.4. The molecule has 4 nitrogen and oxygen atoms in total. The van der Waals surface area contributed by atoms with Crippen molar-refractivity contribution in [1.29, 1.82) is 0 Å². The van der Waals surface area contributed by atoms with Gasteiger partial charge in [-0.15, -0.1) is 0 Å². The Hall–Kier alpha value is -3.14. The number of rotatable bonds is 13. The van der Waals surface area contributed by atoms with Gasteiger partial charge < -0.3 is 0 Å². The van der Waals surface area contributed by atoms with Crippen molar-refractivity contribution in [3.8, 4) is 0 Å². The summed E-state index contributed by atoms with van der Waals surface area (Å²) in [6.45, 7) is 32.4. The Morgan fingerprint density at radius 2 is 1.12 bits per heavy atom. The number of ketones is 4. The number of hydrogen-bond donors (Lipinski definition) is 0. The number of benzene rings is 2. The summed E-state index contributed by atoms with van der Waals surface area (Å²) < 4.78 is 0. The van der Waals surface area contributed by atoms with E-state index in [0.717, 1.165) is 29.5 Å². The van der Waals surface area contributed by atoms with Crippen molar-refractivity contribution in [2.24, 2.45) is 35.5 Å². The quantitative estimate of drug-likeness (QED) is 0.158. The largest absolute Gasteiger partial charge is 0.299 e. The molecule has 0 unspecified atom stereocenters. The lowest BCUT2D eigenvalue weighted by atomic mass is 9.91. The van der Waals surface area contributed by atoms with Crippen molar-refractivity contribution in [2.75, 3.05) is 0 Å². The second-order valence-electron chi connectivity index (χ2n) is 15.3. The second-order valence-corrected chi connectivity index (χ2v) is 15.3. The molecule has 0 radical (unpaired) electrons. The Morgan fingerprint density at radius 1 is 0.583 bits per heavy atom. The Balaban J connectivity index is 0. The molecule has 48 heavy (non-hydrogen) atoms. The highest BCUT2D eigenvalue weighted by Crippen LogP contribution is 2.22. The molecule has 4 heteroatoms. The van der Waals surface area contributed by atoms with Crippen LogP contribution in [0.25, 0.3) is 0 Å². The van der Waals surface area contributed by atoms with Crippen LogP contribution in [-0.4, -0.2) is 23.1 Å². The second kappa shape index (κ2) is 24.9. The van der Waals surface area contributed by atoms with Crippen LogP contribution in [0.15, 0.2) is 60.7 Å². The molecule has 0 saturated heterocycles. The number of allylic oxidation sites excluding steroid dienone is 2. The van der Waals surface area contributed by atoms with Gasteiger partial charge in [-0.2, -0.15) is 0 Å². The van der Waals surface area contributed by atoms with Crippen LogP contribution in [0.3, 0.4) is 0 Å². The monoisotopic (exact) mass is 663 g/mol. The molecular formula is C44H70O4. The van der Waals surface area contributed by atoms with Crippen molar-refractivity contribution in [1.82, 2.24) is 0 Å². The highest BCUT2D eigenvalue weighted by Gasteiger charge is 2.15. The molecule has 0 bridgehead atoms. The normalized spacial score (nSPS) is 11.2. The standard InChI is InChI=1S/2C13H18O.C9H18O.C9H16O/c1-9(2)11-6-5-7-12(8-11)13(14)10(3)4;1-9(2)11-7-5-6-8-12(11)13(14)10(3)4;2*1-7(2)5-6-9(10)8(3)4/h2*5-10H,1-4H3;7-8H,5-6H2,1-4H3;5-8H,1-4H3/b;;;6-5+. The van der Waals surface area contributed by atoms with Crippen molar-refractivity contribution in [3.05, 3.63) is 82.9 Å². The van der Waals surface area contributed by atoms with E-state index in [1.807, 2.05) is 104 Å². The number of hydrogen-bond acceptors (Lipinski definition) is 4. The van der Waals surface area contributed by atoms with E-state index >= 15 is 0 Å². The van der Waals surface area contributed by atoms with E-state index in [4.69, 9.17) is 0 Å². The van der Waals surface area contributed by atoms with Crippen LogP contribution in [0.4, 0.5) is 0 Å². The fourth-order valence-electron chi connectivity index (χ4n) is 4.12. The molecular weight excluding hydrogens is 592 g/mol. The van der Waals surface area contributed by atoms with Crippen LogP contribution in [0.5, 0.6) is 0 Å². The number of carbonyl (C=O) groups is 4. The van der Waals surface area contributed by atoms with Crippen LogP contribution >= 0.6 is 0 Å². The predicted octanol–water partition coefficient (Wildman–Crippen LogP) is 12.4. The zero-order chi connectivity index (χ0) is 37.7. The maximum Gasteiger partial charge on any atom is 0.165 e. The van der Waals surface area contributed by atoms with Crippen molar-refractivity contribution in [3.63, 3.8) is 0 Å². The minimum Gasteiger partial charge on any atom is -0.299 e. The third-order valence-corrected chi connectivity index (χ3v) is 7.56. The molecule has 0 aliphatic rings. The molecule has 0 amide bonds. The van der Waals surface area contributed by atoms with E-state index in [9.17, 15) is 19.2 Å². The smallest absolute Gasteiger partial charge is 0.165 e. The molecule has 0 atom stereocenters. The van der Waals surface area contributed by atoms with E-state index < -0.39 is 0 Å². The van der Waals surface area contributed by atoms with Gasteiger partial charge in [-0.05, 0) is 53.4 Å². The Bertz CT molecular complexity index is 1260. The average Bonchev–Trinajstić information content (AvgIpc) is 3.02. The summed E-state index contributed by atoms with van der Waals surface area (Å²) in [5.41, 5.74) is 4.12. The summed E-state index contributed by atoms with van der Waals surface area (Å²) in [4.78, 5) is 45.6. The lowest BCUT2D eigenvalue weighted by Crippen LogP contribution is -2.10. The Kier molecular flexibility index (Phi) is 24.4. The van der Waals surface area contributed by atoms with Gasteiger partial charge in [-0.3, -0.25) is 19.2 Å². The van der Waals surface area contributed by atoms with E-state index in [1.165, 1.54) is 5.56 Å². The third-order valence-electron chi connectivity index (χ3n) is 7.56. The Labute approximate surface area is 295 Å². The summed E-state index contributed by atoms with van der Waals surface area (Å²) in [7, 11) is 0. The first-order valence-corrected chi connectivity index (χ1v) is 18.2. The zero-order valence-electron chi connectivity index (χ0n) is 33.4. The van der Waals surface area contributed by atoms with Gasteiger partial charge in [0.25, 0.3) is 0 Å². The van der Waals surface area contributed by atoms with Gasteiger partial charge in [0.1, 0.15) is 5.78 Å². The van der Waals surface area contributed by atoms with Crippen LogP contribution < -0.4 is 0 Å². The topological polar surface area (TPSA) is 68.3 Å². The summed E-state index contributed by atoms with van der Waals surface area (Å²) >= 11 is 0. The predicted molar refractivity (Wildman–Crippen MR) is 207 cm³/mol. The van der Waals surface area contributed by atoms with Gasteiger partial charge in [0.15, 0.2) is 17.3 Å². The summed E-state index contributed by atoms with van der Waals surface area (Å²) in [5.74, 6) is 3.62. The van der Waals surface area contributed by atoms with Gasteiger partial charge in [0, 0.05) is 41.2 Å². The summed E-state index contributed by atoms with van der Waals surface area (Å²) in [6.07, 6.45) is 5.41. The molecule has 0 saturated carbocycles. The highest BCUT2D eigenvalue weighted by molar-refractivity contribution is 5.99. The molecule has 2 aromatic rings. The lowest BCUT2D eigenvalue weighted by molar-refractivity contribution is -0.122. The minimum atomic E-state index is 0.0786. The fourth-order valence-corrected chi connectivity index (χ4v) is 4.12. The molecule has 0 N–H and O–H groups in total. The fraction of sp³-hybridized carbons (Fsp3) is 0.591. The van der Waals surface area contributed by atoms with E-state index in [0.29, 0.717) is 29.5 Å². The summed E-state index contributed by atoms with van der Waals surface area (Å²) in [5, 5.41) is 0. The van der Waals surface area contributed by atoms with Gasteiger partial charge in [0.2, 0.25) is 0 Å². The molecule has 0 fully saturated rings. The van der Waals surface area contributed by atoms with Crippen molar-refractivity contribution in [2.45, 2.75) is 135 Å². The van der Waals surface area contributed by atoms with Crippen molar-refractivity contribution < 1.29 is 19.2 Å². The van der Waals surface area contributed by atoms with Crippen LogP contribution in [0, 0.1) is 35.5 Å². The first-order valence-electron chi connectivity index (χ1n) is 18.2. The maximum atomic E-state index is 11.9. The SMILES string of the molecule is CC(C)/C=C/C(=O)C(C)C.CC(C)C(=O)c1cccc(C(C)C)c1.CC(C)C(=O)c1ccccc1C(C)C.CC(C)CCC(=O)C(C)C. The molecule has 0 aliphatic carbocycles. The molecule has 0 spiro atoms. The van der Waals surface area contributed by atoms with Gasteiger partial charge in [-0.25, -0.2) is 0 Å². The van der Waals surface area contributed by atoms with E-state index in [-0.39, 0.29) is 41.0 Å². The van der Waals surface area contributed by atoms with E-state index in [1.54, 1.807) is 6.08 Å². The van der Waals surface area contributed by atoms with Crippen LogP contribution in [-0.2, 0) is 9.59 Å². The number of carbonyl (C=O) groups excluding carboxylic acids is 4. The Morgan fingerprint density at radius 3 is 1.54 bits per heavy atom. The molecule has 270 valence electrons. The van der Waals surface area contributed by atoms with Gasteiger partial charge in [-0.1, -0.05) is 159 Å². The molecule has 2 rings (SSSR count). The van der Waals surface area contributed by atoms with Gasteiger partial charge in [0.05, 0.1) is 0 Å². The lowest BCUT2D eigenvalue weighted by Gasteiger charge is -2.12. The third kappa shape index (κ3) is 21.0. The van der Waals surface area contributed by atoms with Crippen LogP contribution in [0.2, 0.25) is 0 Å². The maximum absolute atomic E-state index is 11.9. The average molecular weight is 663 g/mol. The van der Waals surface area contributed by atoms with Gasteiger partial charge >= 0.3 is 0 Å². The highest BCUT2D eigenvalue weighted by atomic mass is 16.1.